The summed E-state index contributed by atoms with van der Waals surface area (Å²) in [6.45, 7) is 0. The van der Waals surface area contributed by atoms with E-state index in [9.17, 15) is 4.79 Å². The van der Waals surface area contributed by atoms with Crippen molar-refractivity contribution in [2.45, 2.75) is 5.36 Å². The third kappa shape index (κ3) is 3.98. The summed E-state index contributed by atoms with van der Waals surface area (Å²) in [5, 5.41) is 7.55. The third-order valence-electron chi connectivity index (χ3n) is 0.101. The van der Waals surface area contributed by atoms with E-state index in [1.165, 1.54) is 0 Å². The van der Waals surface area contributed by atoms with E-state index < -0.39 is 5.97 Å². The molecule has 0 saturated heterocycles. The van der Waals surface area contributed by atoms with Gasteiger partial charge in [-0.3, -0.25) is 0 Å². The summed E-state index contributed by atoms with van der Waals surface area (Å²) in [6, 6.07) is 0. The average molecular weight is 118 g/mol. The van der Waals surface area contributed by atoms with Crippen molar-refractivity contribution in [1.82, 2.24) is 0 Å². The van der Waals surface area contributed by atoms with Crippen molar-refractivity contribution in [3.63, 3.8) is 0 Å². The summed E-state index contributed by atoms with van der Waals surface area (Å²) in [7, 11) is 0. The molecule has 0 aromatic heterocycles. The Hall–Kier alpha value is -0.0235. The van der Waals surface area contributed by atoms with Crippen molar-refractivity contribution in [2.24, 2.45) is 0 Å². The van der Waals surface area contributed by atoms with Crippen molar-refractivity contribution in [3.05, 3.63) is 0 Å². The molecule has 0 fully saturated rings. The quantitative estimate of drug-likeness (QED) is 0.527. The van der Waals surface area contributed by atoms with E-state index in [0.717, 1.165) is 0 Å². The number of carbonyl (C=O) groups is 1. The third-order valence-corrected chi connectivity index (χ3v) is 0.416. The van der Waals surface area contributed by atoms with Crippen LogP contribution in [0.25, 0.3) is 0 Å². The fourth-order valence-corrected chi connectivity index (χ4v) is 0. The molecule has 0 radical (unpaired) electrons. The van der Waals surface area contributed by atoms with Crippen molar-refractivity contribution < 1.29 is 25.6 Å². The fraction of sp³-hybridized carbons (Fsp3) is 0.500. The predicted molar refractivity (Wildman–Crippen MR) is 12.4 cm³/mol. The molecule has 2 nitrogen and oxygen atoms in total. The van der Waals surface area contributed by atoms with Crippen LogP contribution in [0.5, 0.6) is 0 Å². The van der Waals surface area contributed by atoms with Crippen LogP contribution in [0.2, 0.25) is 5.36 Å². The Balaban J connectivity index is 2.85. The Morgan fingerprint density at radius 3 is 2.20 bits per heavy atom. The molecule has 0 aliphatic heterocycles. The zero-order chi connectivity index (χ0) is 4.28. The van der Waals surface area contributed by atoms with Crippen LogP contribution in [0.15, 0.2) is 0 Å². The summed E-state index contributed by atoms with van der Waals surface area (Å²) in [6.07, 6.45) is 0. The number of hydrogen-bond donors (Lipinski definition) is 1. The van der Waals surface area contributed by atoms with E-state index in [-0.39, 0.29) is 5.36 Å². The fourth-order valence-electron chi connectivity index (χ4n) is 0. The molecule has 0 atom stereocenters. The second-order valence-corrected chi connectivity index (χ2v) is 0.880. The summed E-state index contributed by atoms with van der Waals surface area (Å²) >= 11 is 3.46. The van der Waals surface area contributed by atoms with Crippen molar-refractivity contribution in [1.29, 1.82) is 0 Å². The van der Waals surface area contributed by atoms with Crippen LogP contribution in [0.3, 0.4) is 0 Å². The number of aliphatic carboxylic acids is 1. The van der Waals surface area contributed by atoms with Crippen molar-refractivity contribution in [3.8, 4) is 0 Å². The molecule has 0 heterocycles. The summed E-state index contributed by atoms with van der Waals surface area (Å²) in [5.41, 5.74) is 0. The van der Waals surface area contributed by atoms with Gasteiger partial charge in [0.05, 0.1) is 0 Å². The molecule has 0 unspecified atom stereocenters. The van der Waals surface area contributed by atoms with E-state index in [1.807, 2.05) is 0 Å². The Morgan fingerprint density at radius 2 is 2.20 bits per heavy atom. The van der Waals surface area contributed by atoms with Gasteiger partial charge in [-0.15, -0.1) is 0 Å². The Labute approximate surface area is 37.8 Å². The number of hydrogen-bond acceptors (Lipinski definition) is 1. The first kappa shape index (κ1) is 4.98. The van der Waals surface area contributed by atoms with Gasteiger partial charge in [0.2, 0.25) is 0 Å². The number of rotatable bonds is 1. The molecule has 0 saturated carbocycles. The molecule has 0 amide bonds. The molecule has 3 heteroatoms. The zero-order valence-corrected chi connectivity index (χ0v) is 3.44. The van der Waals surface area contributed by atoms with E-state index in [2.05, 4.69) is 15.7 Å². The molecule has 32 valence electrons. The van der Waals surface area contributed by atoms with Gasteiger partial charge < -0.3 is 0 Å². The standard InChI is InChI=1S/C2H3O2.Co/c1-2(3)4;/h1H2,(H,3,4);. The summed E-state index contributed by atoms with van der Waals surface area (Å²) < 4.78 is 0. The first-order valence-corrected chi connectivity index (χ1v) is 1.75. The van der Waals surface area contributed by atoms with Crippen LogP contribution in [0.4, 0.5) is 0 Å². The molecule has 1 N–H and O–H groups in total. The van der Waals surface area contributed by atoms with Gasteiger partial charge in [-0.1, -0.05) is 0 Å². The molecule has 0 spiro atoms. The molecular formula is C2H3CoO2. The second kappa shape index (κ2) is 2.23. The van der Waals surface area contributed by atoms with E-state index >= 15 is 0 Å². The van der Waals surface area contributed by atoms with E-state index in [4.69, 9.17) is 5.11 Å². The van der Waals surface area contributed by atoms with Crippen LogP contribution < -0.4 is 0 Å². The Morgan fingerprint density at radius 1 is 2.00 bits per heavy atom. The molecule has 0 aliphatic carbocycles. The topological polar surface area (TPSA) is 37.3 Å². The van der Waals surface area contributed by atoms with E-state index in [1.54, 1.807) is 0 Å². The SMILES string of the molecule is O=C(O)[CH2][Co]. The predicted octanol–water partition coefficient (Wildman–Crippen LogP) is 0.0361. The molecular weight excluding hydrogens is 115 g/mol. The van der Waals surface area contributed by atoms with Gasteiger partial charge in [0.1, 0.15) is 0 Å². The van der Waals surface area contributed by atoms with Gasteiger partial charge in [0, 0.05) is 0 Å². The normalized spacial score (nSPS) is 7.60. The van der Waals surface area contributed by atoms with Crippen LogP contribution in [-0.4, -0.2) is 11.1 Å². The van der Waals surface area contributed by atoms with Crippen LogP contribution >= 0.6 is 0 Å². The van der Waals surface area contributed by atoms with E-state index in [0.29, 0.717) is 0 Å². The average Bonchev–Trinajstić information content (AvgIpc) is 1.38. The monoisotopic (exact) mass is 118 g/mol. The van der Waals surface area contributed by atoms with Crippen LogP contribution in [0.1, 0.15) is 0 Å². The molecule has 0 rings (SSSR count). The number of carboxylic acid groups (broad SMARTS) is 1. The number of carboxylic acids is 1. The maximum atomic E-state index is 9.29. The van der Waals surface area contributed by atoms with Gasteiger partial charge in [-0.05, 0) is 0 Å². The minimum atomic E-state index is -0.884. The van der Waals surface area contributed by atoms with Crippen molar-refractivity contribution >= 4 is 5.97 Å². The van der Waals surface area contributed by atoms with Gasteiger partial charge in [0.15, 0.2) is 0 Å². The van der Waals surface area contributed by atoms with Crippen LogP contribution in [-0.2, 0) is 20.5 Å². The molecule has 0 bridgehead atoms. The maximum absolute atomic E-state index is 9.29. The second-order valence-electron chi connectivity index (χ2n) is 0.512. The molecule has 5 heavy (non-hydrogen) atoms. The van der Waals surface area contributed by atoms with Gasteiger partial charge >= 0.3 is 37.0 Å². The Bertz CT molecular complexity index is 42.9. The molecule has 0 aromatic carbocycles. The van der Waals surface area contributed by atoms with Crippen LogP contribution in [0, 0.1) is 0 Å². The zero-order valence-electron chi connectivity index (χ0n) is 2.40. The Kier molecular flexibility index (Phi) is 2.22. The minimum absolute atomic E-state index is 0.0903. The summed E-state index contributed by atoms with van der Waals surface area (Å²) in [5.74, 6) is -0.884. The molecule has 0 aromatic rings. The van der Waals surface area contributed by atoms with Gasteiger partial charge in [-0.25, -0.2) is 0 Å². The van der Waals surface area contributed by atoms with Gasteiger partial charge in [-0.2, -0.15) is 0 Å². The first-order chi connectivity index (χ1) is 2.27. The van der Waals surface area contributed by atoms with Crippen molar-refractivity contribution in [2.75, 3.05) is 0 Å². The summed E-state index contributed by atoms with van der Waals surface area (Å²) in [4.78, 5) is 9.29. The van der Waals surface area contributed by atoms with Gasteiger partial charge in [0.25, 0.3) is 0 Å². The first-order valence-electron chi connectivity index (χ1n) is 1.02. The molecule has 0 aliphatic rings.